The summed E-state index contributed by atoms with van der Waals surface area (Å²) in [6.45, 7) is 0. The molecule has 1 rings (SSSR count). The zero-order chi connectivity index (χ0) is 9.84. The van der Waals surface area contributed by atoms with Crippen molar-refractivity contribution >= 4 is 18.1 Å². The van der Waals surface area contributed by atoms with Gasteiger partial charge in [-0.15, -0.1) is 0 Å². The van der Waals surface area contributed by atoms with E-state index in [0.717, 1.165) is 4.57 Å². The molecule has 0 spiro atoms. The van der Waals surface area contributed by atoms with Gasteiger partial charge in [0.1, 0.15) is 17.8 Å². The van der Waals surface area contributed by atoms with Gasteiger partial charge in [-0.1, -0.05) is 0 Å². The second-order valence-corrected chi connectivity index (χ2v) is 2.17. The van der Waals surface area contributed by atoms with E-state index in [9.17, 15) is 9.59 Å². The van der Waals surface area contributed by atoms with E-state index in [0.29, 0.717) is 12.1 Å². The van der Waals surface area contributed by atoms with Crippen LogP contribution in [-0.4, -0.2) is 28.9 Å². The molecule has 7 nitrogen and oxygen atoms in total. The fraction of sp³-hybridized carbons (Fsp3) is 0.167. The van der Waals surface area contributed by atoms with E-state index in [1.54, 1.807) is 7.05 Å². The number of nitrogens with two attached hydrogens (primary N) is 1. The molecule has 13 heavy (non-hydrogen) atoms. The molecule has 0 saturated carbocycles. The lowest BCUT2D eigenvalue weighted by Crippen LogP contribution is -2.34. The maximum atomic E-state index is 11.1. The third-order valence-electron chi connectivity index (χ3n) is 1.49. The zero-order valence-electron chi connectivity index (χ0n) is 6.94. The van der Waals surface area contributed by atoms with Crippen LogP contribution in [0.1, 0.15) is 10.5 Å². The highest BCUT2D eigenvalue weighted by Crippen LogP contribution is 2.10. The van der Waals surface area contributed by atoms with E-state index >= 15 is 0 Å². The summed E-state index contributed by atoms with van der Waals surface area (Å²) < 4.78 is 1.10. The third-order valence-corrected chi connectivity index (χ3v) is 1.49. The number of anilines is 1. The van der Waals surface area contributed by atoms with E-state index in [2.05, 4.69) is 10.3 Å². The Hall–Kier alpha value is -1.89. The normalized spacial score (nSPS) is 9.38. The molecular formula is C6H9N5O2. The summed E-state index contributed by atoms with van der Waals surface area (Å²) in [5.41, 5.74) is 2.08. The summed E-state index contributed by atoms with van der Waals surface area (Å²) in [4.78, 5) is 25.2. The minimum Gasteiger partial charge on any atom is -0.372 e. The Morgan fingerprint density at radius 1 is 1.77 bits per heavy atom. The molecule has 0 fully saturated rings. The van der Waals surface area contributed by atoms with Crippen molar-refractivity contribution in [2.75, 3.05) is 12.4 Å². The molecule has 1 heterocycles. The molecule has 0 aliphatic carbocycles. The molecule has 1 aromatic heterocycles. The number of aldehydes is 1. The van der Waals surface area contributed by atoms with Gasteiger partial charge in [0.2, 0.25) is 0 Å². The molecule has 0 radical (unpaired) electrons. The molecule has 4 N–H and O–H groups in total. The molecule has 0 aliphatic rings. The van der Waals surface area contributed by atoms with Gasteiger partial charge in [-0.05, 0) is 0 Å². The van der Waals surface area contributed by atoms with Gasteiger partial charge >= 0.3 is 6.03 Å². The van der Waals surface area contributed by atoms with Crippen LogP contribution in [0.15, 0.2) is 6.33 Å². The molecular weight excluding hydrogens is 174 g/mol. The van der Waals surface area contributed by atoms with Gasteiger partial charge in [0.05, 0.1) is 0 Å². The molecule has 7 heteroatoms. The van der Waals surface area contributed by atoms with E-state index in [1.807, 2.05) is 5.43 Å². The maximum Gasteiger partial charge on any atom is 0.342 e. The Kier molecular flexibility index (Phi) is 2.60. The molecule has 0 atom stereocenters. The minimum atomic E-state index is -0.565. The smallest absolute Gasteiger partial charge is 0.342 e. The highest BCUT2D eigenvalue weighted by Gasteiger charge is 2.12. The number of hydrazine groups is 1. The number of hydrogen-bond acceptors (Lipinski definition) is 5. The number of carbonyl (C=O) groups is 2. The molecule has 1 amide bonds. The van der Waals surface area contributed by atoms with Gasteiger partial charge in [-0.3, -0.25) is 10.2 Å². The summed E-state index contributed by atoms with van der Waals surface area (Å²) in [5.74, 6) is 5.22. The van der Waals surface area contributed by atoms with Crippen LogP contribution in [-0.2, 0) is 0 Å². The lowest BCUT2D eigenvalue weighted by Gasteiger charge is -2.04. The lowest BCUT2D eigenvalue weighted by atomic mass is 10.5. The number of aromatic nitrogens is 2. The Bertz CT molecular complexity index is 332. The van der Waals surface area contributed by atoms with E-state index in [4.69, 9.17) is 5.84 Å². The summed E-state index contributed by atoms with van der Waals surface area (Å²) >= 11 is 0. The SMILES string of the molecule is CNc1c(C=O)ncn1C(=O)NN. The van der Waals surface area contributed by atoms with Crippen molar-refractivity contribution in [2.45, 2.75) is 0 Å². The van der Waals surface area contributed by atoms with Gasteiger partial charge in [-0.2, -0.15) is 0 Å². The molecule has 0 unspecified atom stereocenters. The first-order valence-corrected chi connectivity index (χ1v) is 3.45. The van der Waals surface area contributed by atoms with Gasteiger partial charge < -0.3 is 5.32 Å². The number of nitrogens with zero attached hydrogens (tertiary/aromatic N) is 2. The van der Waals surface area contributed by atoms with Crippen molar-refractivity contribution in [1.29, 1.82) is 0 Å². The van der Waals surface area contributed by atoms with Crippen molar-refractivity contribution in [3.05, 3.63) is 12.0 Å². The number of imidazole rings is 1. The van der Waals surface area contributed by atoms with Gasteiger partial charge in [0, 0.05) is 7.05 Å². The Labute approximate surface area is 73.9 Å². The first-order chi connectivity index (χ1) is 6.24. The average Bonchev–Trinajstić information content (AvgIpc) is 2.58. The summed E-state index contributed by atoms with van der Waals surface area (Å²) in [6, 6.07) is -0.565. The minimum absolute atomic E-state index is 0.158. The fourth-order valence-corrected chi connectivity index (χ4v) is 0.921. The molecule has 0 aromatic carbocycles. The zero-order valence-corrected chi connectivity index (χ0v) is 6.94. The summed E-state index contributed by atoms with van der Waals surface area (Å²) in [6.07, 6.45) is 1.75. The van der Waals surface area contributed by atoms with E-state index in [1.165, 1.54) is 6.33 Å². The lowest BCUT2D eigenvalue weighted by molar-refractivity contribution is 0.112. The van der Waals surface area contributed by atoms with Crippen molar-refractivity contribution in [2.24, 2.45) is 5.84 Å². The topological polar surface area (TPSA) is 102 Å². The van der Waals surface area contributed by atoms with Gasteiger partial charge in [0.15, 0.2) is 6.29 Å². The largest absolute Gasteiger partial charge is 0.372 e. The van der Waals surface area contributed by atoms with Gasteiger partial charge in [-0.25, -0.2) is 20.2 Å². The number of nitrogens with one attached hydrogen (secondary N) is 2. The summed E-state index contributed by atoms with van der Waals surface area (Å²) in [7, 11) is 1.57. The molecule has 70 valence electrons. The van der Waals surface area contributed by atoms with Crippen LogP contribution in [0, 0.1) is 0 Å². The van der Waals surface area contributed by atoms with Crippen LogP contribution in [0.5, 0.6) is 0 Å². The highest BCUT2D eigenvalue weighted by molar-refractivity contribution is 5.87. The average molecular weight is 183 g/mol. The number of nitrogen functional groups attached to an aromatic ring is 1. The Balaban J connectivity index is 3.14. The van der Waals surface area contributed by atoms with E-state index < -0.39 is 6.03 Å². The molecule has 0 aliphatic heterocycles. The third kappa shape index (κ3) is 1.49. The predicted molar refractivity (Wildman–Crippen MR) is 45.3 cm³/mol. The Morgan fingerprint density at radius 3 is 2.92 bits per heavy atom. The maximum absolute atomic E-state index is 11.1. The standard InChI is InChI=1S/C6H9N5O2/c1-8-5-4(2-12)9-3-11(5)6(13)10-7/h2-3,8H,7H2,1H3,(H,10,13). The monoisotopic (exact) mass is 183 g/mol. The van der Waals surface area contributed by atoms with Crippen LogP contribution in [0.4, 0.5) is 10.6 Å². The van der Waals surface area contributed by atoms with Gasteiger partial charge in [0.25, 0.3) is 0 Å². The van der Waals surface area contributed by atoms with E-state index in [-0.39, 0.29) is 5.69 Å². The van der Waals surface area contributed by atoms with Crippen molar-refractivity contribution in [1.82, 2.24) is 15.0 Å². The fourth-order valence-electron chi connectivity index (χ4n) is 0.921. The molecule has 1 aromatic rings. The first-order valence-electron chi connectivity index (χ1n) is 3.45. The van der Waals surface area contributed by atoms with Crippen LogP contribution >= 0.6 is 0 Å². The van der Waals surface area contributed by atoms with Crippen LogP contribution in [0.25, 0.3) is 0 Å². The van der Waals surface area contributed by atoms with Crippen LogP contribution in [0.2, 0.25) is 0 Å². The molecule has 0 saturated heterocycles. The number of amides is 1. The van der Waals surface area contributed by atoms with Crippen molar-refractivity contribution < 1.29 is 9.59 Å². The second kappa shape index (κ2) is 3.68. The Morgan fingerprint density at radius 2 is 2.46 bits per heavy atom. The van der Waals surface area contributed by atoms with Crippen LogP contribution < -0.4 is 16.6 Å². The highest BCUT2D eigenvalue weighted by atomic mass is 16.2. The van der Waals surface area contributed by atoms with Crippen LogP contribution in [0.3, 0.4) is 0 Å². The number of carbonyl (C=O) groups excluding carboxylic acids is 2. The molecule has 0 bridgehead atoms. The van der Waals surface area contributed by atoms with Crippen molar-refractivity contribution in [3.63, 3.8) is 0 Å². The predicted octanol–water partition coefficient (Wildman–Crippen LogP) is -0.831. The summed E-state index contributed by atoms with van der Waals surface area (Å²) in [5, 5.41) is 2.66. The number of hydrogen-bond donors (Lipinski definition) is 3. The van der Waals surface area contributed by atoms with Crippen molar-refractivity contribution in [3.8, 4) is 0 Å². The first kappa shape index (κ1) is 9.20. The second-order valence-electron chi connectivity index (χ2n) is 2.17. The quantitative estimate of drug-likeness (QED) is 0.240. The number of rotatable bonds is 2.